The van der Waals surface area contributed by atoms with E-state index in [2.05, 4.69) is 58.0 Å². The summed E-state index contributed by atoms with van der Waals surface area (Å²) in [5.41, 5.74) is 9.53. The number of nitrogens with zero attached hydrogens (tertiary/aromatic N) is 2. The van der Waals surface area contributed by atoms with Crippen molar-refractivity contribution in [3.8, 4) is 0 Å². The van der Waals surface area contributed by atoms with Gasteiger partial charge in [-0.1, -0.05) is 35.0 Å². The van der Waals surface area contributed by atoms with Crippen molar-refractivity contribution in [2.75, 3.05) is 11.9 Å². The van der Waals surface area contributed by atoms with Crippen molar-refractivity contribution < 1.29 is 0 Å². The first kappa shape index (κ1) is 16.0. The fourth-order valence-electron chi connectivity index (χ4n) is 2.19. The van der Waals surface area contributed by atoms with Crippen LogP contribution in [0.15, 0.2) is 47.1 Å². The maximum atomic E-state index is 6.03. The average Bonchev–Trinajstić information content (AvgIpc) is 2.50. The molecule has 2 aromatic rings. The first-order valence-electron chi connectivity index (χ1n) is 7.25. The topological polar surface area (TPSA) is 42.1 Å². The highest BCUT2D eigenvalue weighted by Crippen LogP contribution is 2.25. The zero-order valence-corrected chi connectivity index (χ0v) is 14.2. The summed E-state index contributed by atoms with van der Waals surface area (Å²) in [4.78, 5) is 6.56. The summed E-state index contributed by atoms with van der Waals surface area (Å²) in [5, 5.41) is 0. The smallest absolute Gasteiger partial charge is 0.0598 e. The number of hydrogen-bond acceptors (Lipinski definition) is 3. The van der Waals surface area contributed by atoms with Crippen molar-refractivity contribution in [2.45, 2.75) is 32.4 Å². The number of benzene rings is 1. The van der Waals surface area contributed by atoms with Gasteiger partial charge in [0.15, 0.2) is 0 Å². The van der Waals surface area contributed by atoms with Gasteiger partial charge in [-0.2, -0.15) is 0 Å². The summed E-state index contributed by atoms with van der Waals surface area (Å²) in [6.45, 7) is 2.91. The Hall–Kier alpha value is -1.39. The molecule has 1 atom stereocenters. The van der Waals surface area contributed by atoms with Gasteiger partial charge in [-0.25, -0.2) is 0 Å². The van der Waals surface area contributed by atoms with Gasteiger partial charge >= 0.3 is 0 Å². The normalized spacial score (nSPS) is 12.2. The summed E-state index contributed by atoms with van der Waals surface area (Å²) < 4.78 is 1.12. The quantitative estimate of drug-likeness (QED) is 0.864. The largest absolute Gasteiger partial charge is 0.369 e. The molecule has 0 aliphatic carbocycles. The molecule has 1 aromatic carbocycles. The van der Waals surface area contributed by atoms with Crippen LogP contribution in [0.3, 0.4) is 0 Å². The molecule has 2 N–H and O–H groups in total. The Labute approximate surface area is 135 Å². The predicted octanol–water partition coefficient (Wildman–Crippen LogP) is 3.76. The fraction of sp³-hybridized carbons (Fsp3) is 0.353. The van der Waals surface area contributed by atoms with Crippen LogP contribution in [-0.2, 0) is 13.0 Å². The molecule has 0 saturated heterocycles. The summed E-state index contributed by atoms with van der Waals surface area (Å²) in [6, 6.07) is 12.7. The van der Waals surface area contributed by atoms with Gasteiger partial charge in [-0.15, -0.1) is 0 Å². The van der Waals surface area contributed by atoms with Crippen LogP contribution < -0.4 is 10.6 Å². The van der Waals surface area contributed by atoms with Gasteiger partial charge < -0.3 is 10.6 Å². The van der Waals surface area contributed by atoms with E-state index >= 15 is 0 Å². The predicted molar refractivity (Wildman–Crippen MR) is 92.5 cm³/mol. The Morgan fingerprint density at radius 3 is 2.71 bits per heavy atom. The second-order valence-corrected chi connectivity index (χ2v) is 6.18. The Kier molecular flexibility index (Phi) is 5.76. The van der Waals surface area contributed by atoms with Crippen LogP contribution in [-0.4, -0.2) is 18.1 Å². The average molecular weight is 348 g/mol. The van der Waals surface area contributed by atoms with Crippen molar-refractivity contribution in [3.05, 3.63) is 58.3 Å². The molecule has 112 valence electrons. The van der Waals surface area contributed by atoms with Crippen LogP contribution >= 0.6 is 15.9 Å². The highest BCUT2D eigenvalue weighted by molar-refractivity contribution is 9.10. The lowest BCUT2D eigenvalue weighted by Gasteiger charge is -2.20. The van der Waals surface area contributed by atoms with Crippen LogP contribution in [0.2, 0.25) is 0 Å². The van der Waals surface area contributed by atoms with E-state index in [9.17, 15) is 0 Å². The molecular weight excluding hydrogens is 326 g/mol. The first-order valence-corrected chi connectivity index (χ1v) is 8.04. The van der Waals surface area contributed by atoms with E-state index in [1.807, 2.05) is 24.4 Å². The summed E-state index contributed by atoms with van der Waals surface area (Å²) in [7, 11) is 2.08. The third-order valence-electron chi connectivity index (χ3n) is 3.61. The Morgan fingerprint density at radius 2 is 2.10 bits per heavy atom. The molecule has 1 heterocycles. The minimum Gasteiger partial charge on any atom is -0.369 e. The minimum atomic E-state index is 0.221. The van der Waals surface area contributed by atoms with Crippen molar-refractivity contribution in [1.82, 2.24) is 4.98 Å². The molecule has 0 aliphatic rings. The van der Waals surface area contributed by atoms with Crippen molar-refractivity contribution >= 4 is 21.6 Å². The van der Waals surface area contributed by atoms with Gasteiger partial charge in [0.1, 0.15) is 0 Å². The second-order valence-electron chi connectivity index (χ2n) is 5.33. The zero-order chi connectivity index (χ0) is 15.2. The summed E-state index contributed by atoms with van der Waals surface area (Å²) in [5.74, 6) is 0. The third-order valence-corrected chi connectivity index (χ3v) is 4.35. The molecule has 21 heavy (non-hydrogen) atoms. The fourth-order valence-corrected chi connectivity index (χ4v) is 2.72. The van der Waals surface area contributed by atoms with Crippen LogP contribution in [0.5, 0.6) is 0 Å². The van der Waals surface area contributed by atoms with Crippen molar-refractivity contribution in [3.63, 3.8) is 0 Å². The standard InChI is InChI=1S/C17H22BrN3/c1-3-14(19)10-13-7-8-16(11-17(13)18)21(2)12-15-6-4-5-9-20-15/h4-9,11,14H,3,10,12,19H2,1-2H3. The number of nitrogens with two attached hydrogens (primary N) is 1. The van der Waals surface area contributed by atoms with Crippen LogP contribution in [0.1, 0.15) is 24.6 Å². The minimum absolute atomic E-state index is 0.221. The number of pyridine rings is 1. The first-order chi connectivity index (χ1) is 10.1. The molecule has 1 aromatic heterocycles. The summed E-state index contributed by atoms with van der Waals surface area (Å²) in [6.07, 6.45) is 3.73. The van der Waals surface area contributed by atoms with E-state index in [0.29, 0.717) is 0 Å². The molecule has 0 spiro atoms. The lowest BCUT2D eigenvalue weighted by Crippen LogP contribution is -2.22. The molecule has 2 rings (SSSR count). The SMILES string of the molecule is CCC(N)Cc1ccc(N(C)Cc2ccccn2)cc1Br. The Balaban J connectivity index is 2.08. The van der Waals surface area contributed by atoms with Crippen LogP contribution in [0.25, 0.3) is 0 Å². The van der Waals surface area contributed by atoms with E-state index in [1.54, 1.807) is 0 Å². The van der Waals surface area contributed by atoms with Gasteiger partial charge in [0.25, 0.3) is 0 Å². The highest BCUT2D eigenvalue weighted by atomic mass is 79.9. The third kappa shape index (κ3) is 4.55. The molecule has 0 saturated carbocycles. The van der Waals surface area contributed by atoms with E-state index in [4.69, 9.17) is 5.73 Å². The molecule has 0 amide bonds. The van der Waals surface area contributed by atoms with E-state index in [0.717, 1.165) is 29.6 Å². The molecule has 0 bridgehead atoms. The molecule has 1 unspecified atom stereocenters. The number of anilines is 1. The monoisotopic (exact) mass is 347 g/mol. The number of rotatable bonds is 6. The lowest BCUT2D eigenvalue weighted by atomic mass is 10.0. The Bertz CT molecular complexity index is 572. The van der Waals surface area contributed by atoms with Crippen LogP contribution in [0.4, 0.5) is 5.69 Å². The lowest BCUT2D eigenvalue weighted by molar-refractivity contribution is 0.645. The zero-order valence-electron chi connectivity index (χ0n) is 12.6. The van der Waals surface area contributed by atoms with Crippen LogP contribution in [0, 0.1) is 0 Å². The van der Waals surface area contributed by atoms with Crippen molar-refractivity contribution in [1.29, 1.82) is 0 Å². The van der Waals surface area contributed by atoms with E-state index in [1.165, 1.54) is 11.3 Å². The van der Waals surface area contributed by atoms with Gasteiger partial charge in [-0.3, -0.25) is 4.98 Å². The van der Waals surface area contributed by atoms with Crippen molar-refractivity contribution in [2.24, 2.45) is 5.73 Å². The molecule has 0 aliphatic heterocycles. The molecule has 3 nitrogen and oxygen atoms in total. The van der Waals surface area contributed by atoms with E-state index < -0.39 is 0 Å². The number of aromatic nitrogens is 1. The van der Waals surface area contributed by atoms with Gasteiger partial charge in [0, 0.05) is 29.4 Å². The van der Waals surface area contributed by atoms with Gasteiger partial charge in [0.2, 0.25) is 0 Å². The van der Waals surface area contributed by atoms with E-state index in [-0.39, 0.29) is 6.04 Å². The van der Waals surface area contributed by atoms with Gasteiger partial charge in [0.05, 0.1) is 12.2 Å². The highest BCUT2D eigenvalue weighted by Gasteiger charge is 2.09. The maximum absolute atomic E-state index is 6.03. The molecule has 4 heteroatoms. The second kappa shape index (κ2) is 7.57. The number of halogens is 1. The summed E-state index contributed by atoms with van der Waals surface area (Å²) >= 11 is 3.66. The Morgan fingerprint density at radius 1 is 1.29 bits per heavy atom. The number of hydrogen-bond donors (Lipinski definition) is 1. The molecule has 0 fully saturated rings. The molecule has 0 radical (unpaired) electrons. The molecular formula is C17H22BrN3. The maximum Gasteiger partial charge on any atom is 0.0598 e. The van der Waals surface area contributed by atoms with Gasteiger partial charge in [-0.05, 0) is 42.7 Å².